The Bertz CT molecular complexity index is 362. The highest BCUT2D eigenvalue weighted by Gasteiger charge is 2.29. The highest BCUT2D eigenvalue weighted by molar-refractivity contribution is 7.16. The fraction of sp³-hybridized carbons (Fsp3) is 0.667. The zero-order chi connectivity index (χ0) is 11.8. The molecule has 2 nitrogen and oxygen atoms in total. The molecule has 0 saturated carbocycles. The number of hydrogen-bond donors (Lipinski definition) is 1. The summed E-state index contributed by atoms with van der Waals surface area (Å²) in [6, 6.07) is 4.61. The van der Waals surface area contributed by atoms with Crippen LogP contribution in [0.15, 0.2) is 12.1 Å². The van der Waals surface area contributed by atoms with Crippen LogP contribution >= 0.6 is 22.9 Å². The molecule has 1 fully saturated rings. The van der Waals surface area contributed by atoms with Crippen molar-refractivity contribution in [2.24, 2.45) is 0 Å². The van der Waals surface area contributed by atoms with Crippen LogP contribution in [-0.2, 0) is 0 Å². The molecule has 2 heterocycles. The van der Waals surface area contributed by atoms with Crippen LogP contribution in [0.25, 0.3) is 0 Å². The lowest BCUT2D eigenvalue weighted by Crippen LogP contribution is -2.57. The maximum absolute atomic E-state index is 5.99. The molecule has 1 aromatic rings. The third-order valence-electron chi connectivity index (χ3n) is 3.15. The summed E-state index contributed by atoms with van der Waals surface area (Å²) in [6.45, 7) is 10.0. The quantitative estimate of drug-likeness (QED) is 0.877. The molecule has 1 aliphatic heterocycles. The molecule has 0 spiro atoms. The molecule has 0 amide bonds. The van der Waals surface area contributed by atoms with Gasteiger partial charge in [0.2, 0.25) is 0 Å². The Morgan fingerprint density at radius 3 is 2.81 bits per heavy atom. The third kappa shape index (κ3) is 2.77. The van der Waals surface area contributed by atoms with Gasteiger partial charge in [0.25, 0.3) is 0 Å². The fourth-order valence-electron chi connectivity index (χ4n) is 2.24. The molecule has 1 aromatic heterocycles. The second-order valence-corrected chi connectivity index (χ2v) is 6.85. The number of nitrogens with zero attached hydrogens (tertiary/aromatic N) is 1. The molecule has 90 valence electrons. The number of rotatable bonds is 2. The Morgan fingerprint density at radius 1 is 1.50 bits per heavy atom. The van der Waals surface area contributed by atoms with Crippen molar-refractivity contribution >= 4 is 22.9 Å². The first-order valence-electron chi connectivity index (χ1n) is 5.72. The van der Waals surface area contributed by atoms with Gasteiger partial charge in [-0.15, -0.1) is 11.3 Å². The first kappa shape index (κ1) is 12.4. The summed E-state index contributed by atoms with van der Waals surface area (Å²) in [5.74, 6) is 0. The standard InChI is InChI=1S/C12H19ClN2S/c1-9(10-4-5-11(13)16-10)15-7-6-14-12(2,3)8-15/h4-5,9,14H,6-8H2,1-3H3. The summed E-state index contributed by atoms with van der Waals surface area (Å²) in [6.07, 6.45) is 0. The Hall–Kier alpha value is -0.0900. The van der Waals surface area contributed by atoms with Crippen LogP contribution in [0.4, 0.5) is 0 Å². The molecule has 0 aliphatic carbocycles. The van der Waals surface area contributed by atoms with Crippen molar-refractivity contribution in [3.05, 3.63) is 21.3 Å². The van der Waals surface area contributed by atoms with Gasteiger partial charge in [-0.3, -0.25) is 4.90 Å². The van der Waals surface area contributed by atoms with Gasteiger partial charge in [0.15, 0.2) is 0 Å². The van der Waals surface area contributed by atoms with Gasteiger partial charge in [-0.1, -0.05) is 11.6 Å². The summed E-state index contributed by atoms with van der Waals surface area (Å²) in [4.78, 5) is 3.89. The molecular weight excluding hydrogens is 240 g/mol. The van der Waals surface area contributed by atoms with E-state index in [-0.39, 0.29) is 5.54 Å². The van der Waals surface area contributed by atoms with E-state index in [0.717, 1.165) is 24.0 Å². The summed E-state index contributed by atoms with van der Waals surface area (Å²) in [7, 11) is 0. The maximum Gasteiger partial charge on any atom is 0.0931 e. The molecule has 16 heavy (non-hydrogen) atoms. The van der Waals surface area contributed by atoms with Gasteiger partial charge in [-0.2, -0.15) is 0 Å². The lowest BCUT2D eigenvalue weighted by atomic mass is 10.0. The van der Waals surface area contributed by atoms with Crippen molar-refractivity contribution in [2.45, 2.75) is 32.4 Å². The van der Waals surface area contributed by atoms with Crippen LogP contribution in [0.3, 0.4) is 0 Å². The number of thiophene rings is 1. The Kier molecular flexibility index (Phi) is 3.59. The zero-order valence-electron chi connectivity index (χ0n) is 10.1. The van der Waals surface area contributed by atoms with E-state index < -0.39 is 0 Å². The van der Waals surface area contributed by atoms with E-state index in [0.29, 0.717) is 6.04 Å². The molecule has 0 aromatic carbocycles. The number of nitrogens with one attached hydrogen (secondary N) is 1. The minimum absolute atomic E-state index is 0.216. The largest absolute Gasteiger partial charge is 0.309 e. The summed E-state index contributed by atoms with van der Waals surface area (Å²) >= 11 is 7.68. The molecule has 2 rings (SSSR count). The van der Waals surface area contributed by atoms with Crippen molar-refractivity contribution in [3.63, 3.8) is 0 Å². The molecule has 1 aliphatic rings. The highest BCUT2D eigenvalue weighted by Crippen LogP contribution is 2.31. The average molecular weight is 259 g/mol. The molecule has 1 unspecified atom stereocenters. The van der Waals surface area contributed by atoms with Crippen LogP contribution in [0, 0.1) is 0 Å². The predicted molar refractivity (Wildman–Crippen MR) is 71.4 cm³/mol. The molecule has 4 heteroatoms. The third-order valence-corrected chi connectivity index (χ3v) is 4.56. The monoisotopic (exact) mass is 258 g/mol. The van der Waals surface area contributed by atoms with E-state index in [4.69, 9.17) is 11.6 Å². The van der Waals surface area contributed by atoms with E-state index in [2.05, 4.69) is 37.1 Å². The van der Waals surface area contributed by atoms with Gasteiger partial charge in [0.05, 0.1) is 4.34 Å². The smallest absolute Gasteiger partial charge is 0.0931 e. The first-order chi connectivity index (χ1) is 7.48. The number of piperazine rings is 1. The van der Waals surface area contributed by atoms with E-state index in [1.807, 2.05) is 6.07 Å². The van der Waals surface area contributed by atoms with Gasteiger partial charge in [0, 0.05) is 36.1 Å². The SMILES string of the molecule is CC(c1ccc(Cl)s1)N1CCNC(C)(C)C1. The van der Waals surface area contributed by atoms with E-state index in [1.165, 1.54) is 4.88 Å². The van der Waals surface area contributed by atoms with E-state index in [9.17, 15) is 0 Å². The second kappa shape index (κ2) is 4.65. The first-order valence-corrected chi connectivity index (χ1v) is 6.92. The summed E-state index contributed by atoms with van der Waals surface area (Å²) < 4.78 is 0.885. The van der Waals surface area contributed by atoms with Crippen molar-refractivity contribution in [3.8, 4) is 0 Å². The Labute approximate surface area is 107 Å². The van der Waals surface area contributed by atoms with Crippen LogP contribution < -0.4 is 5.32 Å². The highest BCUT2D eigenvalue weighted by atomic mass is 35.5. The van der Waals surface area contributed by atoms with Gasteiger partial charge in [-0.25, -0.2) is 0 Å². The van der Waals surface area contributed by atoms with Gasteiger partial charge in [0.1, 0.15) is 0 Å². The van der Waals surface area contributed by atoms with Crippen molar-refractivity contribution in [2.75, 3.05) is 19.6 Å². The second-order valence-electron chi connectivity index (χ2n) is 5.10. The van der Waals surface area contributed by atoms with Crippen LogP contribution in [0.5, 0.6) is 0 Å². The molecule has 1 atom stereocenters. The van der Waals surface area contributed by atoms with Crippen molar-refractivity contribution < 1.29 is 0 Å². The molecule has 1 saturated heterocycles. The van der Waals surface area contributed by atoms with Crippen molar-refractivity contribution in [1.82, 2.24) is 10.2 Å². The van der Waals surface area contributed by atoms with Gasteiger partial charge >= 0.3 is 0 Å². The number of hydrogen-bond acceptors (Lipinski definition) is 3. The summed E-state index contributed by atoms with van der Waals surface area (Å²) in [5.41, 5.74) is 0.216. The molecular formula is C12H19ClN2S. The normalized spacial score (nSPS) is 23.2. The topological polar surface area (TPSA) is 15.3 Å². The Morgan fingerprint density at radius 2 is 2.25 bits per heavy atom. The van der Waals surface area contributed by atoms with E-state index in [1.54, 1.807) is 11.3 Å². The molecule has 1 N–H and O–H groups in total. The van der Waals surface area contributed by atoms with Crippen molar-refractivity contribution in [1.29, 1.82) is 0 Å². The summed E-state index contributed by atoms with van der Waals surface area (Å²) in [5, 5.41) is 3.54. The van der Waals surface area contributed by atoms with Crippen LogP contribution in [0.1, 0.15) is 31.7 Å². The fourth-order valence-corrected chi connectivity index (χ4v) is 3.39. The average Bonchev–Trinajstić information content (AvgIpc) is 2.62. The van der Waals surface area contributed by atoms with Gasteiger partial charge in [-0.05, 0) is 32.9 Å². The predicted octanol–water partition coefficient (Wildman–Crippen LogP) is 3.15. The molecule has 0 radical (unpaired) electrons. The molecule has 0 bridgehead atoms. The minimum Gasteiger partial charge on any atom is -0.309 e. The number of halogens is 1. The minimum atomic E-state index is 0.216. The van der Waals surface area contributed by atoms with Gasteiger partial charge < -0.3 is 5.32 Å². The lowest BCUT2D eigenvalue weighted by Gasteiger charge is -2.41. The van der Waals surface area contributed by atoms with Crippen LogP contribution in [0.2, 0.25) is 4.34 Å². The van der Waals surface area contributed by atoms with E-state index >= 15 is 0 Å². The zero-order valence-corrected chi connectivity index (χ0v) is 11.7. The Balaban J connectivity index is 2.07. The van der Waals surface area contributed by atoms with Crippen LogP contribution in [-0.4, -0.2) is 30.1 Å². The lowest BCUT2D eigenvalue weighted by molar-refractivity contribution is 0.118. The maximum atomic E-state index is 5.99.